The predicted molar refractivity (Wildman–Crippen MR) is 121 cm³/mol. The Morgan fingerprint density at radius 3 is 2.53 bits per heavy atom. The maximum atomic E-state index is 12.5. The molecule has 2 aliphatic heterocycles. The third-order valence-corrected chi connectivity index (χ3v) is 5.91. The van der Waals surface area contributed by atoms with E-state index in [2.05, 4.69) is 34.2 Å². The summed E-state index contributed by atoms with van der Waals surface area (Å²) in [4.78, 5) is 21.4. The van der Waals surface area contributed by atoms with Crippen LogP contribution >= 0.6 is 24.8 Å². The highest BCUT2D eigenvalue weighted by atomic mass is 35.5. The Hall–Kier alpha value is -1.67. The Balaban J connectivity index is 0.00000160. The highest BCUT2D eigenvalue weighted by molar-refractivity contribution is 5.85. The lowest BCUT2D eigenvalue weighted by Gasteiger charge is -2.37. The van der Waals surface area contributed by atoms with Crippen molar-refractivity contribution >= 4 is 30.7 Å². The lowest BCUT2D eigenvalue weighted by Crippen LogP contribution is -2.50. The van der Waals surface area contributed by atoms with Crippen LogP contribution in [0.4, 0.5) is 0 Å². The van der Waals surface area contributed by atoms with Gasteiger partial charge in [0.1, 0.15) is 0 Å². The van der Waals surface area contributed by atoms with Gasteiger partial charge in [-0.25, -0.2) is 0 Å². The summed E-state index contributed by atoms with van der Waals surface area (Å²) in [5, 5.41) is 7.56. The van der Waals surface area contributed by atoms with E-state index in [0.717, 1.165) is 44.7 Å². The van der Waals surface area contributed by atoms with Crippen molar-refractivity contribution in [1.82, 2.24) is 25.3 Å². The summed E-state index contributed by atoms with van der Waals surface area (Å²) in [5.74, 6) is 1.52. The van der Waals surface area contributed by atoms with Gasteiger partial charge < -0.3 is 14.7 Å². The first-order chi connectivity index (χ1) is 13.6. The third kappa shape index (κ3) is 5.72. The molecule has 1 amide bonds. The number of benzene rings is 1. The Kier molecular flexibility index (Phi) is 9.09. The molecule has 1 N–H and O–H groups in total. The molecule has 3 heterocycles. The molecule has 0 saturated carbocycles. The first kappa shape index (κ1) is 24.6. The quantitative estimate of drug-likeness (QED) is 0.745. The molecule has 0 aliphatic carbocycles. The second kappa shape index (κ2) is 11.1. The molecule has 9 heteroatoms. The normalized spacial score (nSPS) is 20.3. The number of halogens is 2. The van der Waals surface area contributed by atoms with Crippen molar-refractivity contribution in [3.8, 4) is 11.4 Å². The molecule has 0 spiro atoms. The molecule has 7 nitrogen and oxygen atoms in total. The summed E-state index contributed by atoms with van der Waals surface area (Å²) in [6.45, 7) is 8.36. The van der Waals surface area contributed by atoms with Gasteiger partial charge in [-0.15, -0.1) is 24.8 Å². The molecular weight excluding hydrogens is 425 g/mol. The van der Waals surface area contributed by atoms with Crippen LogP contribution in [0.1, 0.15) is 43.7 Å². The maximum Gasteiger partial charge on any atom is 0.244 e. The van der Waals surface area contributed by atoms with Gasteiger partial charge in [-0.1, -0.05) is 35.0 Å². The fraction of sp³-hybridized carbons (Fsp3) is 0.571. The zero-order valence-corrected chi connectivity index (χ0v) is 19.2. The summed E-state index contributed by atoms with van der Waals surface area (Å²) in [7, 11) is 0. The topological polar surface area (TPSA) is 74.5 Å². The van der Waals surface area contributed by atoms with E-state index in [1.165, 1.54) is 12.0 Å². The summed E-state index contributed by atoms with van der Waals surface area (Å²) < 4.78 is 5.54. The van der Waals surface area contributed by atoms with Crippen LogP contribution in [0.2, 0.25) is 0 Å². The number of piperazine rings is 1. The van der Waals surface area contributed by atoms with Gasteiger partial charge in [0.05, 0.1) is 6.04 Å². The monoisotopic (exact) mass is 455 g/mol. The van der Waals surface area contributed by atoms with Gasteiger partial charge in [0.25, 0.3) is 0 Å². The number of aryl methyl sites for hydroxylation is 1. The Morgan fingerprint density at radius 2 is 1.90 bits per heavy atom. The SMILES string of the molecule is Cc1ccc(-c2noc(C(C)N3CCN(C(=O)CC4CCCN4)CC3)n2)cc1.Cl.Cl. The van der Waals surface area contributed by atoms with E-state index in [4.69, 9.17) is 4.52 Å². The average molecular weight is 456 g/mol. The summed E-state index contributed by atoms with van der Waals surface area (Å²) in [6.07, 6.45) is 2.92. The molecule has 4 rings (SSSR count). The molecule has 2 fully saturated rings. The van der Waals surface area contributed by atoms with E-state index in [9.17, 15) is 4.79 Å². The Labute approximate surface area is 190 Å². The van der Waals surface area contributed by atoms with Crippen molar-refractivity contribution in [2.75, 3.05) is 32.7 Å². The number of hydrogen-bond acceptors (Lipinski definition) is 6. The fourth-order valence-electron chi connectivity index (χ4n) is 4.01. The second-order valence-corrected chi connectivity index (χ2v) is 7.91. The van der Waals surface area contributed by atoms with Crippen molar-refractivity contribution in [3.63, 3.8) is 0 Å². The van der Waals surface area contributed by atoms with Gasteiger partial charge >= 0.3 is 0 Å². The molecule has 2 atom stereocenters. The first-order valence-electron chi connectivity index (χ1n) is 10.3. The summed E-state index contributed by atoms with van der Waals surface area (Å²) in [6, 6.07) is 8.53. The van der Waals surface area contributed by atoms with Crippen LogP contribution in [0.3, 0.4) is 0 Å². The molecule has 0 radical (unpaired) electrons. The third-order valence-electron chi connectivity index (χ3n) is 5.91. The zero-order chi connectivity index (χ0) is 19.5. The van der Waals surface area contributed by atoms with Crippen LogP contribution in [0.5, 0.6) is 0 Å². The molecule has 2 aromatic rings. The van der Waals surface area contributed by atoms with Gasteiger partial charge in [0.2, 0.25) is 17.6 Å². The number of nitrogens with zero attached hydrogens (tertiary/aromatic N) is 4. The van der Waals surface area contributed by atoms with Gasteiger partial charge in [0, 0.05) is 44.2 Å². The minimum Gasteiger partial charge on any atom is -0.340 e. The van der Waals surface area contributed by atoms with Crippen LogP contribution in [-0.4, -0.2) is 64.6 Å². The number of nitrogens with one attached hydrogen (secondary N) is 1. The smallest absolute Gasteiger partial charge is 0.244 e. The highest BCUT2D eigenvalue weighted by Gasteiger charge is 2.29. The predicted octanol–water partition coefficient (Wildman–Crippen LogP) is 3.24. The van der Waals surface area contributed by atoms with Crippen LogP contribution in [0.25, 0.3) is 11.4 Å². The van der Waals surface area contributed by atoms with Crippen molar-refractivity contribution in [2.24, 2.45) is 0 Å². The fourth-order valence-corrected chi connectivity index (χ4v) is 4.01. The molecule has 1 aromatic heterocycles. The second-order valence-electron chi connectivity index (χ2n) is 7.91. The molecule has 2 aliphatic rings. The van der Waals surface area contributed by atoms with E-state index in [0.29, 0.717) is 24.2 Å². The minimum absolute atomic E-state index is 0. The molecular formula is C21H31Cl2N5O2. The number of carbonyl (C=O) groups is 1. The maximum absolute atomic E-state index is 12.5. The van der Waals surface area contributed by atoms with Gasteiger partial charge in [0.15, 0.2) is 0 Å². The Morgan fingerprint density at radius 1 is 1.20 bits per heavy atom. The van der Waals surface area contributed by atoms with Crippen LogP contribution in [0.15, 0.2) is 28.8 Å². The molecule has 1 aromatic carbocycles. The standard InChI is InChI=1S/C21H29N5O2.2ClH/c1-15-5-7-17(8-6-15)20-23-21(28-24-20)16(2)25-10-12-26(13-11-25)19(27)14-18-4-3-9-22-18;;/h5-8,16,18,22H,3-4,9-14H2,1-2H3;2*1H. The molecule has 30 heavy (non-hydrogen) atoms. The van der Waals surface area contributed by atoms with Gasteiger partial charge in [-0.05, 0) is 33.2 Å². The number of hydrogen-bond donors (Lipinski definition) is 1. The van der Waals surface area contributed by atoms with E-state index in [-0.39, 0.29) is 36.8 Å². The van der Waals surface area contributed by atoms with E-state index in [1.807, 2.05) is 29.2 Å². The van der Waals surface area contributed by atoms with Gasteiger partial charge in [-0.2, -0.15) is 4.98 Å². The van der Waals surface area contributed by atoms with Crippen molar-refractivity contribution in [3.05, 3.63) is 35.7 Å². The summed E-state index contributed by atoms with van der Waals surface area (Å²) in [5.41, 5.74) is 2.17. The van der Waals surface area contributed by atoms with Crippen molar-refractivity contribution in [2.45, 2.75) is 45.2 Å². The Bertz CT molecular complexity index is 800. The largest absolute Gasteiger partial charge is 0.340 e. The highest BCUT2D eigenvalue weighted by Crippen LogP contribution is 2.24. The van der Waals surface area contributed by atoms with Gasteiger partial charge in [-0.3, -0.25) is 9.69 Å². The van der Waals surface area contributed by atoms with E-state index < -0.39 is 0 Å². The minimum atomic E-state index is 0. The average Bonchev–Trinajstić information content (AvgIpc) is 3.40. The van der Waals surface area contributed by atoms with Crippen LogP contribution < -0.4 is 5.32 Å². The number of amides is 1. The number of aromatic nitrogens is 2. The van der Waals surface area contributed by atoms with Crippen molar-refractivity contribution in [1.29, 1.82) is 0 Å². The zero-order valence-electron chi connectivity index (χ0n) is 17.5. The molecule has 2 saturated heterocycles. The molecule has 166 valence electrons. The van der Waals surface area contributed by atoms with Crippen LogP contribution in [-0.2, 0) is 4.79 Å². The molecule has 2 unspecified atom stereocenters. The van der Waals surface area contributed by atoms with Crippen molar-refractivity contribution < 1.29 is 9.32 Å². The number of rotatable bonds is 5. The first-order valence-corrected chi connectivity index (χ1v) is 10.3. The molecule has 0 bridgehead atoms. The lowest BCUT2D eigenvalue weighted by atomic mass is 10.1. The van der Waals surface area contributed by atoms with Crippen LogP contribution in [0, 0.1) is 6.92 Å². The summed E-state index contributed by atoms with van der Waals surface area (Å²) >= 11 is 0. The van der Waals surface area contributed by atoms with E-state index >= 15 is 0 Å². The van der Waals surface area contributed by atoms with E-state index in [1.54, 1.807) is 0 Å². The lowest BCUT2D eigenvalue weighted by molar-refractivity contribution is -0.133. The number of carbonyl (C=O) groups excluding carboxylic acids is 1.